The van der Waals surface area contributed by atoms with Crippen molar-refractivity contribution in [3.8, 4) is 0 Å². The van der Waals surface area contributed by atoms with Crippen molar-refractivity contribution in [2.75, 3.05) is 0 Å². The first-order valence-electron chi connectivity index (χ1n) is 5.26. The maximum Gasteiger partial charge on any atom is 0.180 e. The van der Waals surface area contributed by atoms with E-state index >= 15 is 0 Å². The number of sulfone groups is 1. The van der Waals surface area contributed by atoms with Gasteiger partial charge in [-0.25, -0.2) is 8.42 Å². The lowest BCUT2D eigenvalue weighted by Gasteiger charge is -2.09. The summed E-state index contributed by atoms with van der Waals surface area (Å²) in [6, 6.07) is 7.07. The molecular formula is C12H20O2S. The average molecular weight is 228 g/mol. The van der Waals surface area contributed by atoms with Crippen molar-refractivity contribution < 1.29 is 8.42 Å². The van der Waals surface area contributed by atoms with Crippen molar-refractivity contribution >= 4 is 9.84 Å². The first kappa shape index (κ1) is 14.2. The molecule has 0 fully saturated rings. The molecule has 0 aliphatic rings. The van der Waals surface area contributed by atoms with E-state index in [1.807, 2.05) is 32.9 Å². The van der Waals surface area contributed by atoms with Gasteiger partial charge in [-0.3, -0.25) is 0 Å². The molecule has 0 saturated heterocycles. The van der Waals surface area contributed by atoms with Gasteiger partial charge in [0.05, 0.1) is 10.1 Å². The summed E-state index contributed by atoms with van der Waals surface area (Å²) in [4.78, 5) is 0.449. The van der Waals surface area contributed by atoms with Crippen molar-refractivity contribution in [3.63, 3.8) is 0 Å². The molecule has 1 rings (SSSR count). The molecule has 0 aliphatic heterocycles. The molecule has 2 nitrogen and oxygen atoms in total. The van der Waals surface area contributed by atoms with Gasteiger partial charge in [-0.2, -0.15) is 0 Å². The smallest absolute Gasteiger partial charge is 0.180 e. The van der Waals surface area contributed by atoms with Gasteiger partial charge in [0, 0.05) is 0 Å². The van der Waals surface area contributed by atoms with E-state index in [1.165, 1.54) is 0 Å². The molecule has 1 aromatic rings. The minimum atomic E-state index is -3.11. The molecule has 0 aliphatic carbocycles. The summed E-state index contributed by atoms with van der Waals surface area (Å²) in [5.74, 6) is 0. The van der Waals surface area contributed by atoms with Crippen molar-refractivity contribution in [2.45, 2.75) is 44.8 Å². The molecule has 0 radical (unpaired) electrons. The standard InChI is InChI=1S/C10H14O2S.C2H6/c1-8(2)13(11,12)10-7-5-4-6-9(10)3;1-2/h4-8H,1-3H3;1-2H3. The fraction of sp³-hybridized carbons (Fsp3) is 0.500. The van der Waals surface area contributed by atoms with Crippen LogP contribution in [0.4, 0.5) is 0 Å². The van der Waals surface area contributed by atoms with Gasteiger partial charge in [0.2, 0.25) is 0 Å². The van der Waals surface area contributed by atoms with Crippen LogP contribution in [0.15, 0.2) is 29.2 Å². The minimum absolute atomic E-state index is 0.353. The molecule has 0 spiro atoms. The predicted octanol–water partition coefficient (Wildman–Crippen LogP) is 3.20. The molecular weight excluding hydrogens is 208 g/mol. The third-order valence-electron chi connectivity index (χ3n) is 2.02. The maximum atomic E-state index is 11.8. The number of rotatable bonds is 2. The summed E-state index contributed by atoms with van der Waals surface area (Å²) >= 11 is 0. The van der Waals surface area contributed by atoms with Crippen LogP contribution in [0.25, 0.3) is 0 Å². The molecule has 86 valence electrons. The Morgan fingerprint density at radius 3 is 1.93 bits per heavy atom. The summed E-state index contributed by atoms with van der Waals surface area (Å²) in [6.45, 7) is 9.21. The van der Waals surface area contributed by atoms with Gasteiger partial charge < -0.3 is 0 Å². The lowest BCUT2D eigenvalue weighted by Crippen LogP contribution is -2.14. The fourth-order valence-electron chi connectivity index (χ4n) is 1.13. The fourth-order valence-corrected chi connectivity index (χ4v) is 2.42. The van der Waals surface area contributed by atoms with Crippen LogP contribution in [0.1, 0.15) is 33.3 Å². The zero-order chi connectivity index (χ0) is 12.1. The van der Waals surface area contributed by atoms with Gasteiger partial charge in [0.15, 0.2) is 9.84 Å². The van der Waals surface area contributed by atoms with Crippen molar-refractivity contribution in [2.24, 2.45) is 0 Å². The SMILES string of the molecule is CC.Cc1ccccc1S(=O)(=O)C(C)C. The first-order valence-corrected chi connectivity index (χ1v) is 6.80. The highest BCUT2D eigenvalue weighted by Crippen LogP contribution is 2.19. The van der Waals surface area contributed by atoms with Gasteiger partial charge in [-0.1, -0.05) is 32.0 Å². The zero-order valence-electron chi connectivity index (χ0n) is 10.1. The van der Waals surface area contributed by atoms with Gasteiger partial charge in [0.1, 0.15) is 0 Å². The number of hydrogen-bond donors (Lipinski definition) is 0. The number of benzene rings is 1. The molecule has 0 saturated carbocycles. The van der Waals surface area contributed by atoms with E-state index in [1.54, 1.807) is 26.0 Å². The second-order valence-electron chi connectivity index (χ2n) is 3.36. The van der Waals surface area contributed by atoms with E-state index in [4.69, 9.17) is 0 Å². The van der Waals surface area contributed by atoms with Crippen LogP contribution >= 0.6 is 0 Å². The van der Waals surface area contributed by atoms with E-state index in [9.17, 15) is 8.42 Å². The van der Waals surface area contributed by atoms with Crippen LogP contribution < -0.4 is 0 Å². The highest BCUT2D eigenvalue weighted by molar-refractivity contribution is 7.92. The Hall–Kier alpha value is -0.830. The van der Waals surface area contributed by atoms with Gasteiger partial charge in [-0.15, -0.1) is 0 Å². The summed E-state index contributed by atoms with van der Waals surface area (Å²) < 4.78 is 23.5. The highest BCUT2D eigenvalue weighted by atomic mass is 32.2. The zero-order valence-corrected chi connectivity index (χ0v) is 10.9. The topological polar surface area (TPSA) is 34.1 Å². The Labute approximate surface area is 93.3 Å². The first-order chi connectivity index (χ1) is 6.96. The third-order valence-corrected chi connectivity index (χ3v) is 4.33. The second kappa shape index (κ2) is 5.91. The highest BCUT2D eigenvalue weighted by Gasteiger charge is 2.20. The van der Waals surface area contributed by atoms with E-state index in [0.717, 1.165) is 5.56 Å². The Bertz CT molecular complexity index is 392. The van der Waals surface area contributed by atoms with Crippen molar-refractivity contribution in [1.82, 2.24) is 0 Å². The van der Waals surface area contributed by atoms with Crippen LogP contribution in [0.3, 0.4) is 0 Å². The van der Waals surface area contributed by atoms with Crippen molar-refractivity contribution in [1.29, 1.82) is 0 Å². The minimum Gasteiger partial charge on any atom is -0.223 e. The van der Waals surface area contributed by atoms with E-state index < -0.39 is 9.84 Å². The molecule has 0 bridgehead atoms. The maximum absolute atomic E-state index is 11.8. The summed E-state index contributed by atoms with van der Waals surface area (Å²) in [6.07, 6.45) is 0. The van der Waals surface area contributed by atoms with Crippen LogP contribution in [0.5, 0.6) is 0 Å². The summed E-state index contributed by atoms with van der Waals surface area (Å²) in [5.41, 5.74) is 0.816. The largest absolute Gasteiger partial charge is 0.223 e. The molecule has 0 aromatic heterocycles. The van der Waals surface area contributed by atoms with Crippen molar-refractivity contribution in [3.05, 3.63) is 29.8 Å². The number of hydrogen-bond acceptors (Lipinski definition) is 2. The van der Waals surface area contributed by atoms with Crippen LogP contribution in [-0.2, 0) is 9.84 Å². The molecule has 0 amide bonds. The molecule has 0 unspecified atom stereocenters. The Balaban J connectivity index is 0.000000921. The molecule has 0 atom stereocenters. The quantitative estimate of drug-likeness (QED) is 0.779. The average Bonchev–Trinajstić information content (AvgIpc) is 2.21. The van der Waals surface area contributed by atoms with Crippen LogP contribution in [0.2, 0.25) is 0 Å². The molecule has 1 aromatic carbocycles. The third kappa shape index (κ3) is 3.34. The predicted molar refractivity (Wildman–Crippen MR) is 64.8 cm³/mol. The van der Waals surface area contributed by atoms with E-state index in [-0.39, 0.29) is 5.25 Å². The Morgan fingerprint density at radius 1 is 1.07 bits per heavy atom. The van der Waals surface area contributed by atoms with Gasteiger partial charge >= 0.3 is 0 Å². The Kier molecular flexibility index (Phi) is 5.58. The monoisotopic (exact) mass is 228 g/mol. The van der Waals surface area contributed by atoms with Gasteiger partial charge in [0.25, 0.3) is 0 Å². The normalized spacial score (nSPS) is 10.8. The molecule has 3 heteroatoms. The van der Waals surface area contributed by atoms with E-state index in [2.05, 4.69) is 0 Å². The van der Waals surface area contributed by atoms with Crippen LogP contribution in [0, 0.1) is 6.92 Å². The summed E-state index contributed by atoms with van der Waals surface area (Å²) in [5, 5.41) is -0.353. The molecule has 0 N–H and O–H groups in total. The Morgan fingerprint density at radius 2 is 1.53 bits per heavy atom. The van der Waals surface area contributed by atoms with E-state index in [0.29, 0.717) is 4.90 Å². The lowest BCUT2D eigenvalue weighted by molar-refractivity contribution is 0.587. The summed E-state index contributed by atoms with van der Waals surface area (Å²) in [7, 11) is -3.11. The number of aryl methyl sites for hydroxylation is 1. The van der Waals surface area contributed by atoms with Crippen LogP contribution in [-0.4, -0.2) is 13.7 Å². The molecule has 15 heavy (non-hydrogen) atoms. The molecule has 0 heterocycles. The lowest BCUT2D eigenvalue weighted by atomic mass is 10.2. The van der Waals surface area contributed by atoms with Gasteiger partial charge in [-0.05, 0) is 32.4 Å². The second-order valence-corrected chi connectivity index (χ2v) is 5.83.